The molecule has 0 atom stereocenters. The third-order valence-corrected chi connectivity index (χ3v) is 3.84. The van der Waals surface area contributed by atoms with Crippen LogP contribution in [0, 0.1) is 5.82 Å². The maximum Gasteiger partial charge on any atom is 0.255 e. The van der Waals surface area contributed by atoms with Gasteiger partial charge in [-0.2, -0.15) is 0 Å². The van der Waals surface area contributed by atoms with Gasteiger partial charge in [-0.1, -0.05) is 6.07 Å². The number of para-hydroxylation sites is 1. The van der Waals surface area contributed by atoms with Crippen LogP contribution < -0.4 is 11.1 Å². The number of nitrogen functional groups attached to an aromatic ring is 1. The second kappa shape index (κ2) is 5.71. The SMILES string of the molecule is Nc1cc(C(=O)Nc2c(F)cccc2Br)ccc1Br. The highest BCUT2D eigenvalue weighted by Gasteiger charge is 2.12. The van der Waals surface area contributed by atoms with Crippen molar-refractivity contribution >= 4 is 49.1 Å². The maximum atomic E-state index is 13.6. The topological polar surface area (TPSA) is 55.1 Å². The molecule has 0 saturated carbocycles. The summed E-state index contributed by atoms with van der Waals surface area (Å²) in [5.74, 6) is -0.933. The zero-order chi connectivity index (χ0) is 14.0. The minimum Gasteiger partial charge on any atom is -0.398 e. The molecule has 2 aromatic rings. The Hall–Kier alpha value is -1.40. The first-order chi connectivity index (χ1) is 8.99. The van der Waals surface area contributed by atoms with Gasteiger partial charge in [-0.3, -0.25) is 4.79 Å². The van der Waals surface area contributed by atoms with Gasteiger partial charge in [-0.25, -0.2) is 4.39 Å². The highest BCUT2D eigenvalue weighted by atomic mass is 79.9. The normalized spacial score (nSPS) is 10.3. The van der Waals surface area contributed by atoms with E-state index in [1.54, 1.807) is 24.3 Å². The number of nitrogens with two attached hydrogens (primary N) is 1. The molecule has 0 aromatic heterocycles. The minimum absolute atomic E-state index is 0.106. The summed E-state index contributed by atoms with van der Waals surface area (Å²) in [5, 5.41) is 2.51. The van der Waals surface area contributed by atoms with Crippen LogP contribution in [0.3, 0.4) is 0 Å². The summed E-state index contributed by atoms with van der Waals surface area (Å²) in [5.41, 5.74) is 6.61. The number of carbonyl (C=O) groups excluding carboxylic acids is 1. The lowest BCUT2D eigenvalue weighted by atomic mass is 10.2. The molecular weight excluding hydrogens is 379 g/mol. The second-order valence-corrected chi connectivity index (χ2v) is 5.50. The molecule has 2 rings (SSSR count). The predicted octanol–water partition coefficient (Wildman–Crippen LogP) is 4.19. The zero-order valence-corrected chi connectivity index (χ0v) is 12.8. The van der Waals surface area contributed by atoms with Gasteiger partial charge in [-0.05, 0) is 62.2 Å². The number of nitrogens with one attached hydrogen (secondary N) is 1. The van der Waals surface area contributed by atoms with Crippen LogP contribution in [-0.4, -0.2) is 5.91 Å². The average Bonchev–Trinajstić information content (AvgIpc) is 2.37. The Balaban J connectivity index is 2.28. The lowest BCUT2D eigenvalue weighted by molar-refractivity contribution is 0.102. The van der Waals surface area contributed by atoms with Crippen molar-refractivity contribution in [2.75, 3.05) is 11.1 Å². The van der Waals surface area contributed by atoms with Gasteiger partial charge in [0.05, 0.1) is 5.69 Å². The maximum absolute atomic E-state index is 13.6. The molecule has 0 saturated heterocycles. The van der Waals surface area contributed by atoms with E-state index in [-0.39, 0.29) is 5.69 Å². The van der Waals surface area contributed by atoms with Gasteiger partial charge in [0, 0.05) is 20.2 Å². The molecule has 0 radical (unpaired) electrons. The third kappa shape index (κ3) is 3.13. The molecule has 0 aliphatic heterocycles. The van der Waals surface area contributed by atoms with Crippen LogP contribution in [0.25, 0.3) is 0 Å². The molecule has 3 nitrogen and oxygen atoms in total. The van der Waals surface area contributed by atoms with Gasteiger partial charge in [0.15, 0.2) is 0 Å². The standard InChI is InChI=1S/C13H9Br2FN2O/c14-8-5-4-7(6-11(8)17)13(19)18-12-9(15)2-1-3-10(12)16/h1-6H,17H2,(H,18,19). The molecule has 0 spiro atoms. The Morgan fingerprint density at radius 2 is 1.89 bits per heavy atom. The van der Waals surface area contributed by atoms with Crippen molar-refractivity contribution in [3.8, 4) is 0 Å². The first kappa shape index (κ1) is 14.0. The summed E-state index contributed by atoms with van der Waals surface area (Å²) >= 11 is 6.43. The monoisotopic (exact) mass is 386 g/mol. The van der Waals surface area contributed by atoms with E-state index >= 15 is 0 Å². The van der Waals surface area contributed by atoms with Crippen molar-refractivity contribution in [3.05, 3.63) is 56.7 Å². The van der Waals surface area contributed by atoms with E-state index in [0.29, 0.717) is 20.2 Å². The average molecular weight is 388 g/mol. The minimum atomic E-state index is -0.507. The summed E-state index contributed by atoms with van der Waals surface area (Å²) in [6, 6.07) is 9.26. The molecule has 0 unspecified atom stereocenters. The molecule has 0 heterocycles. The number of hydrogen-bond donors (Lipinski definition) is 2. The third-order valence-electron chi connectivity index (χ3n) is 2.46. The van der Waals surface area contributed by atoms with E-state index in [4.69, 9.17) is 5.73 Å². The first-order valence-corrected chi connectivity index (χ1v) is 6.88. The smallest absolute Gasteiger partial charge is 0.255 e. The summed E-state index contributed by atoms with van der Waals surface area (Å²) in [4.78, 5) is 12.0. The molecule has 19 heavy (non-hydrogen) atoms. The van der Waals surface area contributed by atoms with Crippen molar-refractivity contribution < 1.29 is 9.18 Å². The molecule has 98 valence electrons. The van der Waals surface area contributed by atoms with Crippen molar-refractivity contribution in [2.24, 2.45) is 0 Å². The predicted molar refractivity (Wildman–Crippen MR) is 80.6 cm³/mol. The quantitative estimate of drug-likeness (QED) is 0.759. The Morgan fingerprint density at radius 1 is 1.16 bits per heavy atom. The van der Waals surface area contributed by atoms with Crippen LogP contribution in [0.1, 0.15) is 10.4 Å². The van der Waals surface area contributed by atoms with Gasteiger partial charge in [0.2, 0.25) is 0 Å². The fourth-order valence-electron chi connectivity index (χ4n) is 1.49. The number of amides is 1. The van der Waals surface area contributed by atoms with Crippen LogP contribution in [-0.2, 0) is 0 Å². The number of rotatable bonds is 2. The lowest BCUT2D eigenvalue weighted by Crippen LogP contribution is -2.13. The van der Waals surface area contributed by atoms with E-state index in [2.05, 4.69) is 37.2 Å². The lowest BCUT2D eigenvalue weighted by Gasteiger charge is -2.09. The fraction of sp³-hybridized carbons (Fsp3) is 0. The molecule has 1 amide bonds. The molecule has 3 N–H and O–H groups in total. The van der Waals surface area contributed by atoms with E-state index in [0.717, 1.165) is 0 Å². The number of benzene rings is 2. The Bertz CT molecular complexity index is 626. The Morgan fingerprint density at radius 3 is 2.53 bits per heavy atom. The summed E-state index contributed by atoms with van der Waals surface area (Å²) in [6.07, 6.45) is 0. The van der Waals surface area contributed by atoms with Crippen molar-refractivity contribution in [2.45, 2.75) is 0 Å². The van der Waals surface area contributed by atoms with Crippen LogP contribution in [0.4, 0.5) is 15.8 Å². The van der Waals surface area contributed by atoms with Crippen LogP contribution in [0.2, 0.25) is 0 Å². The molecule has 0 aliphatic carbocycles. The molecule has 2 aromatic carbocycles. The van der Waals surface area contributed by atoms with E-state index in [9.17, 15) is 9.18 Å². The number of hydrogen-bond acceptors (Lipinski definition) is 2. The van der Waals surface area contributed by atoms with Crippen LogP contribution in [0.15, 0.2) is 45.3 Å². The molecule has 0 fully saturated rings. The fourth-order valence-corrected chi connectivity index (χ4v) is 2.18. The first-order valence-electron chi connectivity index (χ1n) is 5.29. The van der Waals surface area contributed by atoms with Crippen molar-refractivity contribution in [1.82, 2.24) is 0 Å². The summed E-state index contributed by atoms with van der Waals surface area (Å²) in [7, 11) is 0. The summed E-state index contributed by atoms with van der Waals surface area (Å²) in [6.45, 7) is 0. The van der Waals surface area contributed by atoms with Gasteiger partial charge in [-0.15, -0.1) is 0 Å². The zero-order valence-electron chi connectivity index (χ0n) is 9.58. The number of carbonyl (C=O) groups is 1. The van der Waals surface area contributed by atoms with E-state index in [1.165, 1.54) is 12.1 Å². The molecular formula is C13H9Br2FN2O. The van der Waals surface area contributed by atoms with Crippen molar-refractivity contribution in [1.29, 1.82) is 0 Å². The molecule has 6 heteroatoms. The number of halogens is 3. The van der Waals surface area contributed by atoms with Crippen LogP contribution in [0.5, 0.6) is 0 Å². The largest absolute Gasteiger partial charge is 0.398 e. The molecule has 0 aliphatic rings. The highest BCUT2D eigenvalue weighted by Crippen LogP contribution is 2.26. The highest BCUT2D eigenvalue weighted by molar-refractivity contribution is 9.11. The van der Waals surface area contributed by atoms with E-state index < -0.39 is 11.7 Å². The Labute approximate surface area is 126 Å². The van der Waals surface area contributed by atoms with Gasteiger partial charge in [0.1, 0.15) is 5.82 Å². The van der Waals surface area contributed by atoms with Crippen molar-refractivity contribution in [3.63, 3.8) is 0 Å². The Kier molecular flexibility index (Phi) is 4.21. The number of anilines is 2. The van der Waals surface area contributed by atoms with Crippen LogP contribution >= 0.6 is 31.9 Å². The summed E-state index contributed by atoms with van der Waals surface area (Å²) < 4.78 is 14.8. The molecule has 0 bridgehead atoms. The second-order valence-electron chi connectivity index (χ2n) is 3.79. The van der Waals surface area contributed by atoms with Gasteiger partial charge < -0.3 is 11.1 Å². The van der Waals surface area contributed by atoms with Gasteiger partial charge >= 0.3 is 0 Å². The van der Waals surface area contributed by atoms with E-state index in [1.807, 2.05) is 0 Å². The van der Waals surface area contributed by atoms with Gasteiger partial charge in [0.25, 0.3) is 5.91 Å².